The zero-order valence-electron chi connectivity index (χ0n) is 13.5. The largest absolute Gasteiger partial charge is 0.497 e. The van der Waals surface area contributed by atoms with Gasteiger partial charge in [-0.2, -0.15) is 0 Å². The first kappa shape index (κ1) is 19.1. The molecule has 0 radical (unpaired) electrons. The van der Waals surface area contributed by atoms with Crippen LogP contribution in [0, 0.1) is 0 Å². The number of hydrogen-bond acceptors (Lipinski definition) is 4. The predicted molar refractivity (Wildman–Crippen MR) is 91.2 cm³/mol. The van der Waals surface area contributed by atoms with Crippen molar-refractivity contribution in [2.24, 2.45) is 0 Å². The third-order valence-corrected chi connectivity index (χ3v) is 4.20. The van der Waals surface area contributed by atoms with E-state index >= 15 is 0 Å². The molecule has 1 aliphatic rings. The van der Waals surface area contributed by atoms with Crippen LogP contribution >= 0.6 is 12.4 Å². The van der Waals surface area contributed by atoms with Crippen LogP contribution in [-0.2, 0) is 0 Å². The number of nitrogens with zero attached hydrogens (tertiary/aromatic N) is 1. The molecule has 126 valence electrons. The van der Waals surface area contributed by atoms with E-state index in [0.29, 0.717) is 19.2 Å². The molecule has 5 heteroatoms. The lowest BCUT2D eigenvalue weighted by Gasteiger charge is -2.32. The summed E-state index contributed by atoms with van der Waals surface area (Å²) >= 11 is 0. The normalized spacial score (nSPS) is 16.9. The quantitative estimate of drug-likeness (QED) is 0.834. The molecular formula is C17H28ClNO3. The van der Waals surface area contributed by atoms with Crippen LogP contribution in [0.1, 0.15) is 32.1 Å². The molecule has 0 aromatic heterocycles. The van der Waals surface area contributed by atoms with Gasteiger partial charge in [0.25, 0.3) is 0 Å². The van der Waals surface area contributed by atoms with Gasteiger partial charge < -0.3 is 19.5 Å². The Bertz CT molecular complexity index is 407. The van der Waals surface area contributed by atoms with Gasteiger partial charge in [-0.25, -0.2) is 0 Å². The van der Waals surface area contributed by atoms with Gasteiger partial charge in [0.2, 0.25) is 0 Å². The van der Waals surface area contributed by atoms with E-state index in [2.05, 4.69) is 11.9 Å². The Kier molecular flexibility index (Phi) is 8.61. The van der Waals surface area contributed by atoms with Gasteiger partial charge >= 0.3 is 0 Å². The third kappa shape index (κ3) is 6.03. The first-order valence-electron chi connectivity index (χ1n) is 7.84. The highest BCUT2D eigenvalue weighted by Crippen LogP contribution is 2.22. The first-order chi connectivity index (χ1) is 10.2. The average molecular weight is 330 g/mol. The molecule has 1 aliphatic carbocycles. The highest BCUT2D eigenvalue weighted by Gasteiger charge is 2.20. The van der Waals surface area contributed by atoms with Crippen LogP contribution in [0.4, 0.5) is 0 Å². The van der Waals surface area contributed by atoms with Crippen molar-refractivity contribution in [2.45, 2.75) is 44.2 Å². The molecule has 22 heavy (non-hydrogen) atoms. The Hall–Kier alpha value is -0.970. The molecule has 0 heterocycles. The maximum Gasteiger partial charge on any atom is 0.119 e. The van der Waals surface area contributed by atoms with Crippen molar-refractivity contribution in [1.82, 2.24) is 4.90 Å². The van der Waals surface area contributed by atoms with Crippen molar-refractivity contribution >= 4 is 12.4 Å². The fourth-order valence-corrected chi connectivity index (χ4v) is 2.92. The van der Waals surface area contributed by atoms with Gasteiger partial charge in [-0.1, -0.05) is 19.3 Å². The highest BCUT2D eigenvalue weighted by atomic mass is 35.5. The van der Waals surface area contributed by atoms with E-state index in [1.54, 1.807) is 7.11 Å². The zero-order valence-corrected chi connectivity index (χ0v) is 14.3. The number of hydrogen-bond donors (Lipinski definition) is 1. The van der Waals surface area contributed by atoms with Crippen LogP contribution in [-0.4, -0.2) is 49.5 Å². The summed E-state index contributed by atoms with van der Waals surface area (Å²) in [5.41, 5.74) is 0. The van der Waals surface area contributed by atoms with Gasteiger partial charge in [0.05, 0.1) is 7.11 Å². The number of aliphatic hydroxyl groups excluding tert-OH is 1. The summed E-state index contributed by atoms with van der Waals surface area (Å²) in [6, 6.07) is 8.05. The topological polar surface area (TPSA) is 41.9 Å². The van der Waals surface area contributed by atoms with Gasteiger partial charge in [-0.15, -0.1) is 12.4 Å². The van der Waals surface area contributed by atoms with E-state index in [4.69, 9.17) is 9.47 Å². The number of halogens is 1. The molecule has 1 fully saturated rings. The molecule has 1 aromatic rings. The minimum Gasteiger partial charge on any atom is -0.497 e. The number of ether oxygens (including phenoxy) is 2. The molecule has 2 rings (SSSR count). The fourth-order valence-electron chi connectivity index (χ4n) is 2.92. The second kappa shape index (κ2) is 9.93. The van der Waals surface area contributed by atoms with E-state index in [1.807, 2.05) is 24.3 Å². The van der Waals surface area contributed by atoms with Crippen molar-refractivity contribution in [3.05, 3.63) is 24.3 Å². The van der Waals surface area contributed by atoms with Crippen LogP contribution in [0.15, 0.2) is 24.3 Å². The van der Waals surface area contributed by atoms with Crippen molar-refractivity contribution < 1.29 is 14.6 Å². The maximum atomic E-state index is 10.1. The molecule has 0 amide bonds. The second-order valence-electron chi connectivity index (χ2n) is 5.87. The van der Waals surface area contributed by atoms with E-state index in [0.717, 1.165) is 11.5 Å². The zero-order chi connectivity index (χ0) is 15.1. The Labute approximate surface area is 139 Å². The Morgan fingerprint density at radius 1 is 1.14 bits per heavy atom. The molecule has 0 bridgehead atoms. The molecular weight excluding hydrogens is 302 g/mol. The summed E-state index contributed by atoms with van der Waals surface area (Å²) in [4.78, 5) is 2.28. The van der Waals surface area contributed by atoms with Gasteiger partial charge in [0.15, 0.2) is 0 Å². The number of aliphatic hydroxyl groups is 1. The number of likely N-dealkylation sites (N-methyl/N-ethyl adjacent to an activating group) is 1. The molecule has 1 N–H and O–H groups in total. The van der Waals surface area contributed by atoms with E-state index in [1.165, 1.54) is 32.1 Å². The summed E-state index contributed by atoms with van der Waals surface area (Å²) < 4.78 is 10.7. The smallest absolute Gasteiger partial charge is 0.119 e. The van der Waals surface area contributed by atoms with Crippen molar-refractivity contribution in [3.63, 3.8) is 0 Å². The minimum absolute atomic E-state index is 0. The average Bonchev–Trinajstić information content (AvgIpc) is 2.54. The molecule has 1 atom stereocenters. The van der Waals surface area contributed by atoms with Crippen LogP contribution in [0.2, 0.25) is 0 Å². The Morgan fingerprint density at radius 3 is 2.32 bits per heavy atom. The second-order valence-corrected chi connectivity index (χ2v) is 5.87. The summed E-state index contributed by atoms with van der Waals surface area (Å²) in [7, 11) is 3.74. The first-order valence-corrected chi connectivity index (χ1v) is 7.84. The van der Waals surface area contributed by atoms with Gasteiger partial charge in [0.1, 0.15) is 24.2 Å². The summed E-state index contributed by atoms with van der Waals surface area (Å²) in [5, 5.41) is 10.1. The summed E-state index contributed by atoms with van der Waals surface area (Å²) in [6.07, 6.45) is 6.03. The Balaban J connectivity index is 0.00000242. The lowest BCUT2D eigenvalue weighted by atomic mass is 9.94. The van der Waals surface area contributed by atoms with E-state index in [9.17, 15) is 5.11 Å². The number of benzene rings is 1. The lowest BCUT2D eigenvalue weighted by molar-refractivity contribution is 0.0561. The van der Waals surface area contributed by atoms with Crippen LogP contribution in [0.5, 0.6) is 11.5 Å². The highest BCUT2D eigenvalue weighted by molar-refractivity contribution is 5.85. The maximum absolute atomic E-state index is 10.1. The summed E-state index contributed by atoms with van der Waals surface area (Å²) in [5.74, 6) is 1.56. The fraction of sp³-hybridized carbons (Fsp3) is 0.647. The van der Waals surface area contributed by atoms with E-state index < -0.39 is 6.10 Å². The van der Waals surface area contributed by atoms with Crippen molar-refractivity contribution in [1.29, 1.82) is 0 Å². The standard InChI is InChI=1S/C17H27NO3.ClH/c1-18(14-6-4-3-5-7-14)12-15(19)13-21-17-10-8-16(20-2)9-11-17;/h8-11,14-15,19H,3-7,12-13H2,1-2H3;1H. The third-order valence-electron chi connectivity index (χ3n) is 4.20. The van der Waals surface area contributed by atoms with Gasteiger partial charge in [-0.3, -0.25) is 0 Å². The van der Waals surface area contributed by atoms with Crippen LogP contribution < -0.4 is 9.47 Å². The predicted octanol–water partition coefficient (Wildman–Crippen LogP) is 3.12. The monoisotopic (exact) mass is 329 g/mol. The van der Waals surface area contributed by atoms with Crippen LogP contribution in [0.25, 0.3) is 0 Å². The number of methoxy groups -OCH3 is 1. The number of rotatable bonds is 7. The van der Waals surface area contributed by atoms with Gasteiger partial charge in [-0.05, 0) is 44.2 Å². The molecule has 0 spiro atoms. The lowest BCUT2D eigenvalue weighted by Crippen LogP contribution is -2.40. The molecule has 1 aromatic carbocycles. The molecule has 0 aliphatic heterocycles. The Morgan fingerprint density at radius 2 is 1.73 bits per heavy atom. The minimum atomic E-state index is -0.459. The molecule has 1 saturated carbocycles. The van der Waals surface area contributed by atoms with Crippen LogP contribution in [0.3, 0.4) is 0 Å². The van der Waals surface area contributed by atoms with Gasteiger partial charge in [0, 0.05) is 12.6 Å². The summed E-state index contributed by atoms with van der Waals surface area (Å²) in [6.45, 7) is 0.990. The SMILES string of the molecule is COc1ccc(OCC(O)CN(C)C2CCCCC2)cc1.Cl. The molecule has 0 saturated heterocycles. The van der Waals surface area contributed by atoms with E-state index in [-0.39, 0.29) is 12.4 Å². The van der Waals surface area contributed by atoms with Crippen molar-refractivity contribution in [2.75, 3.05) is 27.3 Å². The molecule has 4 nitrogen and oxygen atoms in total. The van der Waals surface area contributed by atoms with Crippen molar-refractivity contribution in [3.8, 4) is 11.5 Å². The molecule has 1 unspecified atom stereocenters.